The monoisotopic (exact) mass is 389 g/mol. The predicted octanol–water partition coefficient (Wildman–Crippen LogP) is 3.14. The molecule has 132 valence electrons. The number of carbonyl (C=O) groups is 1. The minimum atomic E-state index is -0.708. The molecular formula is C18H13Cl2N3O3. The Kier molecular flexibility index (Phi) is 5.25. The van der Waals surface area contributed by atoms with Gasteiger partial charge in [-0.05, 0) is 35.9 Å². The molecule has 2 N–H and O–H groups in total. The summed E-state index contributed by atoms with van der Waals surface area (Å²) in [5.74, 6) is -0.638. The van der Waals surface area contributed by atoms with Crippen molar-refractivity contribution in [3.8, 4) is 0 Å². The molecule has 3 rings (SSSR count). The molecule has 0 saturated carbocycles. The molecule has 1 amide bonds. The molecule has 0 aliphatic carbocycles. The molecule has 0 fully saturated rings. The van der Waals surface area contributed by atoms with E-state index in [1.807, 2.05) is 0 Å². The summed E-state index contributed by atoms with van der Waals surface area (Å²) in [6.07, 6.45) is 1.10. The van der Waals surface area contributed by atoms with Crippen molar-refractivity contribution in [1.29, 1.82) is 0 Å². The summed E-state index contributed by atoms with van der Waals surface area (Å²) >= 11 is 11.9. The van der Waals surface area contributed by atoms with Crippen LogP contribution >= 0.6 is 23.2 Å². The Morgan fingerprint density at radius 1 is 1.04 bits per heavy atom. The lowest BCUT2D eigenvalue weighted by molar-refractivity contribution is 0.102. The van der Waals surface area contributed by atoms with Crippen molar-refractivity contribution in [1.82, 2.24) is 9.55 Å². The Bertz CT molecular complexity index is 1070. The van der Waals surface area contributed by atoms with Crippen LogP contribution in [0.25, 0.3) is 0 Å². The number of hydrogen-bond acceptors (Lipinski definition) is 3. The van der Waals surface area contributed by atoms with Gasteiger partial charge < -0.3 is 10.3 Å². The fraction of sp³-hybridized carbons (Fsp3) is 0.0556. The first-order chi connectivity index (χ1) is 12.5. The number of aromatic nitrogens is 2. The van der Waals surface area contributed by atoms with Gasteiger partial charge in [0.1, 0.15) is 5.56 Å². The first-order valence-corrected chi connectivity index (χ1v) is 8.34. The van der Waals surface area contributed by atoms with Crippen molar-refractivity contribution < 1.29 is 4.79 Å². The van der Waals surface area contributed by atoms with Gasteiger partial charge >= 0.3 is 5.69 Å². The van der Waals surface area contributed by atoms with Crippen LogP contribution in [0.3, 0.4) is 0 Å². The maximum atomic E-state index is 12.6. The highest BCUT2D eigenvalue weighted by Gasteiger charge is 2.16. The molecule has 0 saturated heterocycles. The Morgan fingerprint density at radius 3 is 2.42 bits per heavy atom. The third kappa shape index (κ3) is 3.87. The third-order valence-electron chi connectivity index (χ3n) is 3.69. The average molecular weight is 390 g/mol. The molecule has 1 aromatic heterocycles. The fourth-order valence-corrected chi connectivity index (χ4v) is 2.67. The maximum absolute atomic E-state index is 12.6. The topological polar surface area (TPSA) is 84.0 Å². The second kappa shape index (κ2) is 7.59. The number of benzene rings is 2. The molecule has 0 unspecified atom stereocenters. The number of rotatable bonds is 4. The van der Waals surface area contributed by atoms with Crippen LogP contribution in [-0.4, -0.2) is 15.5 Å². The molecule has 26 heavy (non-hydrogen) atoms. The molecule has 0 bridgehead atoms. The summed E-state index contributed by atoms with van der Waals surface area (Å²) in [7, 11) is 0. The van der Waals surface area contributed by atoms with Gasteiger partial charge in [0.05, 0.1) is 6.54 Å². The van der Waals surface area contributed by atoms with Gasteiger partial charge in [-0.1, -0.05) is 41.4 Å². The minimum absolute atomic E-state index is 0.0457. The van der Waals surface area contributed by atoms with E-state index in [1.165, 1.54) is 0 Å². The normalized spacial score (nSPS) is 10.5. The molecule has 0 aliphatic rings. The smallest absolute Gasteiger partial charge is 0.322 e. The van der Waals surface area contributed by atoms with E-state index in [-0.39, 0.29) is 12.1 Å². The molecule has 0 aliphatic heterocycles. The average Bonchev–Trinajstić information content (AvgIpc) is 2.62. The molecule has 0 spiro atoms. The van der Waals surface area contributed by atoms with Gasteiger partial charge in [-0.15, -0.1) is 0 Å². The van der Waals surface area contributed by atoms with E-state index in [4.69, 9.17) is 23.2 Å². The number of anilines is 1. The fourth-order valence-electron chi connectivity index (χ4n) is 2.35. The first kappa shape index (κ1) is 18.0. The van der Waals surface area contributed by atoms with E-state index in [2.05, 4.69) is 10.3 Å². The zero-order chi connectivity index (χ0) is 18.7. The molecule has 1 heterocycles. The second-order valence-corrected chi connectivity index (χ2v) is 6.29. The van der Waals surface area contributed by atoms with Crippen LogP contribution in [0, 0.1) is 0 Å². The van der Waals surface area contributed by atoms with Crippen LogP contribution in [0.2, 0.25) is 10.0 Å². The largest absolute Gasteiger partial charge is 0.328 e. The van der Waals surface area contributed by atoms with E-state index in [9.17, 15) is 14.4 Å². The van der Waals surface area contributed by atoms with Crippen LogP contribution in [0.1, 0.15) is 15.9 Å². The molecule has 0 atom stereocenters. The van der Waals surface area contributed by atoms with E-state index in [1.54, 1.807) is 48.5 Å². The predicted molar refractivity (Wildman–Crippen MR) is 101 cm³/mol. The number of H-pyrrole nitrogens is 1. The summed E-state index contributed by atoms with van der Waals surface area (Å²) in [4.78, 5) is 39.5. The van der Waals surface area contributed by atoms with Crippen LogP contribution in [-0.2, 0) is 6.54 Å². The number of nitrogens with zero attached hydrogens (tertiary/aromatic N) is 1. The minimum Gasteiger partial charge on any atom is -0.322 e. The molecular weight excluding hydrogens is 377 g/mol. The molecule has 3 aromatic rings. The molecule has 6 nitrogen and oxygen atoms in total. The summed E-state index contributed by atoms with van der Waals surface area (Å²) in [6, 6.07) is 13.3. The van der Waals surface area contributed by atoms with Crippen molar-refractivity contribution in [2.24, 2.45) is 0 Å². The third-order valence-corrected chi connectivity index (χ3v) is 4.31. The lowest BCUT2D eigenvalue weighted by Crippen LogP contribution is -2.39. The van der Waals surface area contributed by atoms with Crippen LogP contribution in [0.4, 0.5) is 5.69 Å². The Balaban J connectivity index is 1.93. The van der Waals surface area contributed by atoms with Crippen molar-refractivity contribution in [3.63, 3.8) is 0 Å². The maximum Gasteiger partial charge on any atom is 0.328 e. The lowest BCUT2D eigenvalue weighted by atomic mass is 10.2. The standard InChI is InChI=1S/C18H13Cl2N3O3/c19-12-5-7-13(8-6-12)22-16(24)14-9-21-18(26)23(17(14)25)10-11-3-1-2-4-15(11)20/h1-9H,10H2,(H,21,26)(H,22,24). The molecule has 2 aromatic carbocycles. The quantitative estimate of drug-likeness (QED) is 0.718. The summed E-state index contributed by atoms with van der Waals surface area (Å²) in [6.45, 7) is -0.0457. The molecule has 0 radical (unpaired) electrons. The number of carbonyl (C=O) groups excluding carboxylic acids is 1. The van der Waals surface area contributed by atoms with Crippen molar-refractivity contribution in [2.45, 2.75) is 6.54 Å². The SMILES string of the molecule is O=C(Nc1ccc(Cl)cc1)c1c[nH]c(=O)n(Cc2ccccc2Cl)c1=O. The van der Waals surface area contributed by atoms with Gasteiger partial charge in [-0.2, -0.15) is 0 Å². The molecule has 8 heteroatoms. The van der Waals surface area contributed by atoms with E-state index >= 15 is 0 Å². The van der Waals surface area contributed by atoms with Gasteiger partial charge in [0, 0.05) is 21.9 Å². The number of halogens is 2. The van der Waals surface area contributed by atoms with Gasteiger partial charge in [0.15, 0.2) is 0 Å². The van der Waals surface area contributed by atoms with Crippen molar-refractivity contribution >= 4 is 34.8 Å². The first-order valence-electron chi connectivity index (χ1n) is 7.58. The highest BCUT2D eigenvalue weighted by Crippen LogP contribution is 2.15. The van der Waals surface area contributed by atoms with Crippen LogP contribution in [0.15, 0.2) is 64.3 Å². The van der Waals surface area contributed by atoms with Crippen LogP contribution < -0.4 is 16.6 Å². The van der Waals surface area contributed by atoms with Gasteiger partial charge in [-0.25, -0.2) is 4.79 Å². The zero-order valence-corrected chi connectivity index (χ0v) is 14.8. The van der Waals surface area contributed by atoms with Crippen molar-refractivity contribution in [3.05, 3.63) is 96.7 Å². The van der Waals surface area contributed by atoms with Gasteiger partial charge in [-0.3, -0.25) is 14.2 Å². The van der Waals surface area contributed by atoms with Gasteiger partial charge in [0.25, 0.3) is 11.5 Å². The number of aromatic amines is 1. The number of amides is 1. The summed E-state index contributed by atoms with van der Waals surface area (Å²) < 4.78 is 0.929. The second-order valence-electron chi connectivity index (χ2n) is 5.45. The highest BCUT2D eigenvalue weighted by molar-refractivity contribution is 6.31. The van der Waals surface area contributed by atoms with Crippen molar-refractivity contribution in [2.75, 3.05) is 5.32 Å². The number of nitrogens with one attached hydrogen (secondary N) is 2. The lowest BCUT2D eigenvalue weighted by Gasteiger charge is -2.09. The van der Waals surface area contributed by atoms with Gasteiger partial charge in [0.2, 0.25) is 0 Å². The Morgan fingerprint density at radius 2 is 1.73 bits per heavy atom. The summed E-state index contributed by atoms with van der Waals surface area (Å²) in [5, 5.41) is 3.54. The Hall–Kier alpha value is -2.83. The van der Waals surface area contributed by atoms with E-state index < -0.39 is 17.2 Å². The zero-order valence-electron chi connectivity index (χ0n) is 13.3. The number of hydrogen-bond donors (Lipinski definition) is 2. The Labute approximate surface area is 158 Å². The van der Waals surface area contributed by atoms with Crippen LogP contribution in [0.5, 0.6) is 0 Å². The summed E-state index contributed by atoms with van der Waals surface area (Å²) in [5.41, 5.74) is -0.454. The highest BCUT2D eigenvalue weighted by atomic mass is 35.5. The van der Waals surface area contributed by atoms with E-state index in [0.717, 1.165) is 10.8 Å². The van der Waals surface area contributed by atoms with E-state index in [0.29, 0.717) is 21.3 Å².